The largest absolute Gasteiger partial charge is 0.363 e. The van der Waals surface area contributed by atoms with Crippen molar-refractivity contribution in [3.8, 4) is 0 Å². The molecule has 6 heteroatoms. The third kappa shape index (κ3) is 3.19. The van der Waals surface area contributed by atoms with Crippen molar-refractivity contribution >= 4 is 10.0 Å². The summed E-state index contributed by atoms with van der Waals surface area (Å²) in [5.74, 6) is 0. The molecule has 0 saturated carbocycles. The molecule has 2 rings (SSSR count). The molecule has 1 aromatic rings. The zero-order chi connectivity index (χ0) is 14.1. The van der Waals surface area contributed by atoms with Crippen LogP contribution >= 0.6 is 0 Å². The molecule has 0 bridgehead atoms. The molecule has 5 nitrogen and oxygen atoms in total. The summed E-state index contributed by atoms with van der Waals surface area (Å²) in [5, 5.41) is 0. The Morgan fingerprint density at radius 2 is 2.11 bits per heavy atom. The Bertz CT molecular complexity index is 534. The van der Waals surface area contributed by atoms with Gasteiger partial charge in [-0.2, -0.15) is 4.31 Å². The highest BCUT2D eigenvalue weighted by Crippen LogP contribution is 2.31. The number of aromatic nitrogens is 1. The Morgan fingerprint density at radius 1 is 1.37 bits per heavy atom. The molecular formula is C13H23N3O2S. The van der Waals surface area contributed by atoms with Crippen molar-refractivity contribution in [3.05, 3.63) is 18.0 Å². The minimum Gasteiger partial charge on any atom is -0.363 e. The van der Waals surface area contributed by atoms with Crippen LogP contribution in [-0.2, 0) is 16.6 Å². The molecule has 1 saturated heterocycles. The molecule has 0 aliphatic carbocycles. The molecule has 19 heavy (non-hydrogen) atoms. The van der Waals surface area contributed by atoms with Gasteiger partial charge >= 0.3 is 0 Å². The second kappa shape index (κ2) is 5.26. The van der Waals surface area contributed by atoms with Crippen LogP contribution in [0.1, 0.15) is 38.8 Å². The van der Waals surface area contributed by atoms with Crippen LogP contribution in [0.2, 0.25) is 0 Å². The Morgan fingerprint density at radius 3 is 2.74 bits per heavy atom. The van der Waals surface area contributed by atoms with E-state index in [1.807, 2.05) is 0 Å². The minimum absolute atomic E-state index is 0.227. The van der Waals surface area contributed by atoms with Gasteiger partial charge < -0.3 is 10.7 Å². The van der Waals surface area contributed by atoms with Crippen LogP contribution in [0.3, 0.4) is 0 Å². The summed E-state index contributed by atoms with van der Waals surface area (Å²) < 4.78 is 26.7. The van der Waals surface area contributed by atoms with E-state index in [0.717, 1.165) is 25.0 Å². The number of hydrogen-bond donors (Lipinski definition) is 2. The number of H-pyrrole nitrogens is 1. The van der Waals surface area contributed by atoms with Crippen molar-refractivity contribution in [1.29, 1.82) is 0 Å². The average Bonchev–Trinajstić information content (AvgIpc) is 2.75. The number of sulfonamides is 1. The van der Waals surface area contributed by atoms with Crippen molar-refractivity contribution in [2.45, 2.75) is 44.6 Å². The van der Waals surface area contributed by atoms with E-state index in [1.165, 1.54) is 6.20 Å². The lowest BCUT2D eigenvalue weighted by molar-refractivity contribution is 0.315. The lowest BCUT2D eigenvalue weighted by Gasteiger charge is -2.22. The van der Waals surface area contributed by atoms with Gasteiger partial charge in [0.2, 0.25) is 10.0 Å². The molecule has 1 fully saturated rings. The fourth-order valence-electron chi connectivity index (χ4n) is 2.47. The summed E-state index contributed by atoms with van der Waals surface area (Å²) in [5.41, 5.74) is 6.48. The number of nitrogens with two attached hydrogens (primary N) is 1. The van der Waals surface area contributed by atoms with Crippen molar-refractivity contribution in [2.75, 3.05) is 13.1 Å². The normalized spacial score (nSPS) is 21.2. The predicted octanol–water partition coefficient (Wildman–Crippen LogP) is 1.67. The van der Waals surface area contributed by atoms with E-state index in [0.29, 0.717) is 24.5 Å². The Hall–Kier alpha value is -0.850. The van der Waals surface area contributed by atoms with E-state index < -0.39 is 10.0 Å². The van der Waals surface area contributed by atoms with Gasteiger partial charge in [-0.25, -0.2) is 8.42 Å². The smallest absolute Gasteiger partial charge is 0.244 e. The quantitative estimate of drug-likeness (QED) is 0.886. The van der Waals surface area contributed by atoms with Gasteiger partial charge in [0.1, 0.15) is 0 Å². The molecule has 3 N–H and O–H groups in total. The molecule has 0 spiro atoms. The van der Waals surface area contributed by atoms with E-state index >= 15 is 0 Å². The number of rotatable bonds is 3. The van der Waals surface area contributed by atoms with Crippen LogP contribution in [-0.4, -0.2) is 30.8 Å². The number of nitrogens with one attached hydrogen (secondary N) is 1. The molecule has 0 radical (unpaired) electrons. The number of aromatic amines is 1. The van der Waals surface area contributed by atoms with Crippen molar-refractivity contribution in [3.63, 3.8) is 0 Å². The first-order valence-corrected chi connectivity index (χ1v) is 8.17. The van der Waals surface area contributed by atoms with Gasteiger partial charge in [0, 0.05) is 31.5 Å². The number of nitrogens with zero attached hydrogens (tertiary/aromatic N) is 1. The number of hydrogen-bond acceptors (Lipinski definition) is 3. The van der Waals surface area contributed by atoms with Crippen LogP contribution < -0.4 is 5.73 Å². The van der Waals surface area contributed by atoms with Crippen LogP contribution in [0, 0.1) is 5.41 Å². The second-order valence-electron chi connectivity index (χ2n) is 5.99. The van der Waals surface area contributed by atoms with E-state index in [-0.39, 0.29) is 5.41 Å². The van der Waals surface area contributed by atoms with Gasteiger partial charge in [0.15, 0.2) is 0 Å². The van der Waals surface area contributed by atoms with Gasteiger partial charge in [0.25, 0.3) is 0 Å². The molecule has 0 aromatic carbocycles. The van der Waals surface area contributed by atoms with Gasteiger partial charge in [-0.1, -0.05) is 13.8 Å². The van der Waals surface area contributed by atoms with Crippen molar-refractivity contribution < 1.29 is 8.42 Å². The monoisotopic (exact) mass is 285 g/mol. The van der Waals surface area contributed by atoms with Crippen LogP contribution in [0.15, 0.2) is 17.2 Å². The topological polar surface area (TPSA) is 79.2 Å². The molecular weight excluding hydrogens is 262 g/mol. The zero-order valence-electron chi connectivity index (χ0n) is 11.6. The van der Waals surface area contributed by atoms with E-state index in [2.05, 4.69) is 18.8 Å². The molecule has 0 amide bonds. The molecule has 1 aromatic heterocycles. The van der Waals surface area contributed by atoms with Crippen LogP contribution in [0.25, 0.3) is 0 Å². The SMILES string of the molecule is CC1(C)CCCN(S(=O)(=O)c2c[nH]c(CN)c2)CC1. The molecule has 1 aliphatic rings. The van der Waals surface area contributed by atoms with E-state index in [4.69, 9.17) is 5.73 Å². The summed E-state index contributed by atoms with van der Waals surface area (Å²) in [4.78, 5) is 3.23. The summed E-state index contributed by atoms with van der Waals surface area (Å²) in [6.45, 7) is 5.92. The van der Waals surface area contributed by atoms with Crippen molar-refractivity contribution in [1.82, 2.24) is 9.29 Å². The highest BCUT2D eigenvalue weighted by Gasteiger charge is 2.30. The maximum absolute atomic E-state index is 12.5. The molecule has 108 valence electrons. The Labute approximate surface area is 115 Å². The highest BCUT2D eigenvalue weighted by molar-refractivity contribution is 7.89. The maximum Gasteiger partial charge on any atom is 0.244 e. The lowest BCUT2D eigenvalue weighted by atomic mass is 9.85. The first kappa shape index (κ1) is 14.6. The minimum atomic E-state index is -3.38. The third-order valence-corrected chi connectivity index (χ3v) is 5.75. The first-order chi connectivity index (χ1) is 8.85. The molecule has 2 heterocycles. The van der Waals surface area contributed by atoms with Crippen LogP contribution in [0.4, 0.5) is 0 Å². The predicted molar refractivity (Wildman–Crippen MR) is 75.1 cm³/mol. The first-order valence-electron chi connectivity index (χ1n) is 6.73. The standard InChI is InChI=1S/C13H23N3O2S/c1-13(2)4-3-6-16(7-5-13)19(17,18)12-8-11(9-14)15-10-12/h8,10,15H,3-7,9,14H2,1-2H3. The summed E-state index contributed by atoms with van der Waals surface area (Å²) >= 11 is 0. The van der Waals surface area contributed by atoms with Gasteiger partial charge in [-0.3, -0.25) is 0 Å². The zero-order valence-corrected chi connectivity index (χ0v) is 12.5. The summed E-state index contributed by atoms with van der Waals surface area (Å²) in [6, 6.07) is 1.63. The lowest BCUT2D eigenvalue weighted by Crippen LogP contribution is -2.32. The summed E-state index contributed by atoms with van der Waals surface area (Å²) in [6.07, 6.45) is 4.43. The van der Waals surface area contributed by atoms with Gasteiger partial charge in [-0.05, 0) is 30.7 Å². The Balaban J connectivity index is 2.20. The highest BCUT2D eigenvalue weighted by atomic mass is 32.2. The average molecular weight is 285 g/mol. The van der Waals surface area contributed by atoms with E-state index in [1.54, 1.807) is 10.4 Å². The fourth-order valence-corrected chi connectivity index (χ4v) is 3.97. The third-order valence-electron chi connectivity index (χ3n) is 3.87. The maximum atomic E-state index is 12.5. The fraction of sp³-hybridized carbons (Fsp3) is 0.692. The molecule has 1 aliphatic heterocycles. The van der Waals surface area contributed by atoms with Gasteiger partial charge in [-0.15, -0.1) is 0 Å². The van der Waals surface area contributed by atoms with E-state index in [9.17, 15) is 8.42 Å². The molecule has 0 unspecified atom stereocenters. The van der Waals surface area contributed by atoms with Gasteiger partial charge in [0.05, 0.1) is 4.90 Å². The second-order valence-corrected chi connectivity index (χ2v) is 7.92. The molecule has 0 atom stereocenters. The van der Waals surface area contributed by atoms with Crippen molar-refractivity contribution in [2.24, 2.45) is 11.1 Å². The Kier molecular flexibility index (Phi) is 4.03. The van der Waals surface area contributed by atoms with Crippen LogP contribution in [0.5, 0.6) is 0 Å². The summed E-state index contributed by atoms with van der Waals surface area (Å²) in [7, 11) is -3.38.